The highest BCUT2D eigenvalue weighted by Crippen LogP contribution is 2.44. The zero-order chi connectivity index (χ0) is 27.9. The summed E-state index contributed by atoms with van der Waals surface area (Å²) in [6.07, 6.45) is -1.50. The van der Waals surface area contributed by atoms with Gasteiger partial charge in [-0.15, -0.1) is 23.4 Å². The van der Waals surface area contributed by atoms with Gasteiger partial charge in [-0.25, -0.2) is 0 Å². The lowest BCUT2D eigenvalue weighted by molar-refractivity contribution is -0.274. The Hall–Kier alpha value is -4.88. The number of hydrogen-bond donors (Lipinski definition) is 1. The molecule has 206 valence electrons. The van der Waals surface area contributed by atoms with Crippen LogP contribution in [0.2, 0.25) is 0 Å². The van der Waals surface area contributed by atoms with Crippen molar-refractivity contribution in [1.29, 1.82) is 0 Å². The second-order valence-corrected chi connectivity index (χ2v) is 9.37. The maximum Gasteiger partial charge on any atom is 0.573 e. The molecule has 2 aliphatic heterocycles. The summed E-state index contributed by atoms with van der Waals surface area (Å²) in [7, 11) is 0. The van der Waals surface area contributed by atoms with Crippen LogP contribution in [0.1, 0.15) is 24.0 Å². The van der Waals surface area contributed by atoms with Gasteiger partial charge in [0.1, 0.15) is 17.1 Å². The van der Waals surface area contributed by atoms with Crippen molar-refractivity contribution in [2.45, 2.75) is 31.3 Å². The highest BCUT2D eigenvalue weighted by Gasteiger charge is 2.40. The molecule has 1 N–H and O–H groups in total. The Morgan fingerprint density at radius 2 is 1.85 bits per heavy atom. The largest absolute Gasteiger partial charge is 0.573 e. The number of aliphatic carboxylic acids is 1. The predicted molar refractivity (Wildman–Crippen MR) is 132 cm³/mol. The Morgan fingerprint density at radius 1 is 1.10 bits per heavy atom. The molecule has 0 unspecified atom stereocenters. The number of fused-ring (bicyclic) bond motifs is 1. The van der Waals surface area contributed by atoms with Gasteiger partial charge in [-0.3, -0.25) is 4.79 Å². The molecule has 4 aromatic rings. The van der Waals surface area contributed by atoms with E-state index in [-0.39, 0.29) is 17.3 Å². The van der Waals surface area contributed by atoms with Crippen molar-refractivity contribution in [2.75, 3.05) is 18.0 Å². The molecule has 11 nitrogen and oxygen atoms in total. The highest BCUT2D eigenvalue weighted by molar-refractivity contribution is 5.85. The third-order valence-electron chi connectivity index (χ3n) is 6.68. The Bertz CT molecular complexity index is 1570. The fraction of sp³-hybridized carbons (Fsp3) is 0.269. The monoisotopic (exact) mass is 554 g/mol. The molecule has 40 heavy (non-hydrogen) atoms. The molecule has 0 bridgehead atoms. The first-order chi connectivity index (χ1) is 19.2. The van der Waals surface area contributed by atoms with Gasteiger partial charge in [0.25, 0.3) is 0 Å². The van der Waals surface area contributed by atoms with Crippen molar-refractivity contribution < 1.29 is 37.1 Å². The quantitative estimate of drug-likeness (QED) is 0.371. The number of anilines is 1. The molecule has 0 saturated carbocycles. The zero-order valence-electron chi connectivity index (χ0n) is 20.7. The first-order valence-corrected chi connectivity index (χ1v) is 12.3. The van der Waals surface area contributed by atoms with Gasteiger partial charge in [0.15, 0.2) is 12.4 Å². The molecule has 0 radical (unpaired) electrons. The number of nitrogens with zero attached hydrogens (tertiary/aromatic N) is 6. The molecule has 1 fully saturated rings. The van der Waals surface area contributed by atoms with Gasteiger partial charge in [0, 0.05) is 37.6 Å². The molecule has 2 aromatic carbocycles. The molecule has 0 amide bonds. The Kier molecular flexibility index (Phi) is 6.16. The number of rotatable bonds is 6. The molecule has 0 aliphatic carbocycles. The van der Waals surface area contributed by atoms with Crippen LogP contribution in [0, 0.1) is 0 Å². The topological polar surface area (TPSA) is 129 Å². The Morgan fingerprint density at radius 3 is 2.58 bits per heavy atom. The highest BCUT2D eigenvalue weighted by atomic mass is 19.4. The van der Waals surface area contributed by atoms with Gasteiger partial charge in [-0.05, 0) is 40.6 Å². The van der Waals surface area contributed by atoms with Gasteiger partial charge in [0.05, 0.1) is 0 Å². The van der Waals surface area contributed by atoms with E-state index in [1.54, 1.807) is 18.2 Å². The fourth-order valence-corrected chi connectivity index (χ4v) is 4.85. The summed E-state index contributed by atoms with van der Waals surface area (Å²) in [6, 6.07) is 15.0. The van der Waals surface area contributed by atoms with Gasteiger partial charge in [-0.2, -0.15) is 4.80 Å². The molecular formula is C26H21F3N6O5. The van der Waals surface area contributed by atoms with Gasteiger partial charge >= 0.3 is 12.3 Å². The van der Waals surface area contributed by atoms with Crippen LogP contribution in [0.3, 0.4) is 0 Å². The Labute approximate surface area is 224 Å². The number of hydrogen-bond acceptors (Lipinski definition) is 9. The molecule has 2 aliphatic rings. The Balaban J connectivity index is 1.21. The van der Waals surface area contributed by atoms with Crippen molar-refractivity contribution in [3.05, 3.63) is 71.8 Å². The van der Waals surface area contributed by atoms with E-state index in [0.717, 1.165) is 21.5 Å². The van der Waals surface area contributed by atoms with Crippen LogP contribution in [-0.2, 0) is 11.3 Å². The van der Waals surface area contributed by atoms with Crippen LogP contribution in [0.5, 0.6) is 11.5 Å². The lowest BCUT2D eigenvalue weighted by Crippen LogP contribution is -2.48. The second kappa shape index (κ2) is 9.70. The zero-order valence-corrected chi connectivity index (χ0v) is 20.7. The number of carboxylic acids is 1. The SMILES string of the molecule is O=C(O)Cn1nnc(-c2cc(N3CCC4(C=C(c5ccc(OC(F)(F)F)cc5)c5ccccc5O4)CC3)no2)n1. The van der Waals surface area contributed by atoms with Gasteiger partial charge in [0.2, 0.25) is 11.6 Å². The maximum absolute atomic E-state index is 12.6. The van der Waals surface area contributed by atoms with E-state index in [2.05, 4.69) is 25.3 Å². The number of halogens is 3. The van der Waals surface area contributed by atoms with Gasteiger partial charge < -0.3 is 24.0 Å². The third kappa shape index (κ3) is 5.19. The van der Waals surface area contributed by atoms with Crippen molar-refractivity contribution >= 4 is 17.4 Å². The minimum absolute atomic E-state index is 0.125. The van der Waals surface area contributed by atoms with E-state index < -0.39 is 24.5 Å². The lowest BCUT2D eigenvalue weighted by Gasteiger charge is -2.43. The molecule has 4 heterocycles. The smallest absolute Gasteiger partial charge is 0.482 e. The minimum atomic E-state index is -4.76. The number of tetrazole rings is 1. The molecule has 1 spiro atoms. The summed E-state index contributed by atoms with van der Waals surface area (Å²) < 4.78 is 53.8. The van der Waals surface area contributed by atoms with Crippen molar-refractivity contribution in [3.8, 4) is 23.1 Å². The van der Waals surface area contributed by atoms with Crippen molar-refractivity contribution in [1.82, 2.24) is 25.4 Å². The van der Waals surface area contributed by atoms with Crippen LogP contribution in [0.4, 0.5) is 19.0 Å². The lowest BCUT2D eigenvalue weighted by atomic mass is 9.83. The summed E-state index contributed by atoms with van der Waals surface area (Å²) in [5, 5.41) is 24.5. The molecule has 6 rings (SSSR count). The predicted octanol–water partition coefficient (Wildman–Crippen LogP) is 4.17. The first kappa shape index (κ1) is 25.4. The van der Waals surface area contributed by atoms with E-state index in [9.17, 15) is 18.0 Å². The molecular weight excluding hydrogens is 533 g/mol. The number of aromatic nitrogens is 5. The van der Waals surface area contributed by atoms with Crippen LogP contribution in [-0.4, -0.2) is 61.5 Å². The summed E-state index contributed by atoms with van der Waals surface area (Å²) in [4.78, 5) is 13.8. The van der Waals surface area contributed by atoms with E-state index in [4.69, 9.17) is 14.4 Å². The average Bonchev–Trinajstić information content (AvgIpc) is 3.58. The third-order valence-corrected chi connectivity index (χ3v) is 6.68. The van der Waals surface area contributed by atoms with E-state index in [1.165, 1.54) is 12.1 Å². The summed E-state index contributed by atoms with van der Waals surface area (Å²) in [5.74, 6) is 0.270. The maximum atomic E-state index is 12.6. The summed E-state index contributed by atoms with van der Waals surface area (Å²) in [5.41, 5.74) is 1.84. The first-order valence-electron chi connectivity index (χ1n) is 12.3. The standard InChI is InChI=1S/C26H21F3N6O5/c27-26(28,29)38-17-7-5-16(6-8-17)19-14-25(39-20-4-2-1-3-18(19)20)9-11-34(12-10-25)22-13-21(40-32-22)24-30-33-35(31-24)15-23(36)37/h1-8,13-14H,9-12,15H2,(H,36,37). The minimum Gasteiger partial charge on any atom is -0.482 e. The molecule has 0 atom stereocenters. The number of carboxylic acid groups (broad SMARTS) is 1. The number of benzene rings is 2. The van der Waals surface area contributed by atoms with Crippen molar-refractivity contribution in [2.24, 2.45) is 0 Å². The molecule has 14 heteroatoms. The van der Waals surface area contributed by atoms with Gasteiger partial charge in [-0.1, -0.05) is 35.5 Å². The van der Waals surface area contributed by atoms with E-state index in [1.807, 2.05) is 35.2 Å². The molecule has 1 saturated heterocycles. The van der Waals surface area contributed by atoms with Crippen molar-refractivity contribution in [3.63, 3.8) is 0 Å². The van der Waals surface area contributed by atoms with Crippen LogP contribution in [0.25, 0.3) is 17.2 Å². The number of carbonyl (C=O) groups is 1. The number of para-hydroxylation sites is 1. The normalized spacial score (nSPS) is 16.3. The summed E-state index contributed by atoms with van der Waals surface area (Å²) in [6.45, 7) is 0.733. The molecule has 2 aromatic heterocycles. The van der Waals surface area contributed by atoms with Crippen LogP contribution in [0.15, 0.2) is 65.2 Å². The second-order valence-electron chi connectivity index (χ2n) is 9.37. The number of alkyl halides is 3. The fourth-order valence-electron chi connectivity index (χ4n) is 4.85. The number of piperidine rings is 1. The van der Waals surface area contributed by atoms with Crippen LogP contribution < -0.4 is 14.4 Å². The number of ether oxygens (including phenoxy) is 2. The average molecular weight is 554 g/mol. The van der Waals surface area contributed by atoms with E-state index >= 15 is 0 Å². The van der Waals surface area contributed by atoms with E-state index in [0.29, 0.717) is 37.5 Å². The van der Waals surface area contributed by atoms with Crippen LogP contribution >= 0.6 is 0 Å². The summed E-state index contributed by atoms with van der Waals surface area (Å²) >= 11 is 0.